The normalized spacial score (nSPS) is 10.8. The van der Waals surface area contributed by atoms with Crippen molar-refractivity contribution < 1.29 is 14.5 Å². The summed E-state index contributed by atoms with van der Waals surface area (Å²) in [6.45, 7) is 0. The number of anilines is 1. The van der Waals surface area contributed by atoms with E-state index in [1.165, 1.54) is 27.1 Å². The van der Waals surface area contributed by atoms with Crippen LogP contribution in [0.1, 0.15) is 10.4 Å². The average molecular weight is 386 g/mol. The second-order valence-corrected chi connectivity index (χ2v) is 6.80. The maximum Gasteiger partial charge on any atom is 0.393 e. The zero-order valence-electron chi connectivity index (χ0n) is 13.0. The molecule has 1 aromatic carbocycles. The van der Waals surface area contributed by atoms with Gasteiger partial charge in [0.05, 0.1) is 5.56 Å². The summed E-state index contributed by atoms with van der Waals surface area (Å²) in [5, 5.41) is 19.4. The number of nitrogens with one attached hydrogen (secondary N) is 1. The minimum absolute atomic E-state index is 0.0723. The number of hydrogen-bond acceptors (Lipinski definition) is 7. The largest absolute Gasteiger partial charge is 0.433 e. The van der Waals surface area contributed by atoms with Gasteiger partial charge in [0, 0.05) is 16.4 Å². The number of aromatic nitrogens is 2. The number of carbonyl (C=O) groups is 1. The van der Waals surface area contributed by atoms with Crippen molar-refractivity contribution in [3.63, 3.8) is 0 Å². The minimum Gasteiger partial charge on any atom is -0.433 e. The van der Waals surface area contributed by atoms with Gasteiger partial charge < -0.3 is 20.2 Å². The van der Waals surface area contributed by atoms with E-state index in [0.29, 0.717) is 22.0 Å². The lowest BCUT2D eigenvalue weighted by Gasteiger charge is -2.06. The first-order chi connectivity index (χ1) is 12.6. The molecule has 0 atom stereocenters. The van der Waals surface area contributed by atoms with E-state index in [9.17, 15) is 14.9 Å². The molecule has 26 heavy (non-hydrogen) atoms. The summed E-state index contributed by atoms with van der Waals surface area (Å²) in [4.78, 5) is 27.4. The van der Waals surface area contributed by atoms with E-state index < -0.39 is 4.92 Å². The lowest BCUT2D eigenvalue weighted by molar-refractivity contribution is -0.391. The quantitative estimate of drug-likeness (QED) is 0.405. The number of thiazole rings is 1. The number of carbonyl (C=O) groups excluding carboxylic acids is 1. The highest BCUT2D eigenvalue weighted by Gasteiger charge is 2.25. The molecular weight excluding hydrogens is 376 g/mol. The molecule has 0 unspecified atom stereocenters. The molecular formula is C16H10N4O4S2. The molecule has 10 heteroatoms. The smallest absolute Gasteiger partial charge is 0.393 e. The maximum atomic E-state index is 12.0. The summed E-state index contributed by atoms with van der Waals surface area (Å²) >= 11 is 2.72. The summed E-state index contributed by atoms with van der Waals surface area (Å²) in [5.41, 5.74) is 1.18. The number of imidazole rings is 1. The van der Waals surface area contributed by atoms with Crippen LogP contribution in [0.25, 0.3) is 4.96 Å². The van der Waals surface area contributed by atoms with Crippen LogP contribution in [-0.4, -0.2) is 20.2 Å². The van der Waals surface area contributed by atoms with Gasteiger partial charge in [-0.25, -0.2) is 0 Å². The zero-order valence-corrected chi connectivity index (χ0v) is 14.6. The Labute approximate surface area is 154 Å². The van der Waals surface area contributed by atoms with Crippen LogP contribution in [0.3, 0.4) is 0 Å². The number of thiophene rings is 1. The Hall–Kier alpha value is -3.24. The number of fused-ring (bicyclic) bond motifs is 1. The van der Waals surface area contributed by atoms with E-state index in [1.807, 2.05) is 5.38 Å². The summed E-state index contributed by atoms with van der Waals surface area (Å²) < 4.78 is 6.94. The van der Waals surface area contributed by atoms with Crippen molar-refractivity contribution in [2.24, 2.45) is 0 Å². The van der Waals surface area contributed by atoms with Crippen molar-refractivity contribution in [2.45, 2.75) is 0 Å². The Morgan fingerprint density at radius 3 is 2.73 bits per heavy atom. The fraction of sp³-hybridized carbons (Fsp3) is 0. The van der Waals surface area contributed by atoms with Gasteiger partial charge in [-0.05, 0) is 40.6 Å². The van der Waals surface area contributed by atoms with Gasteiger partial charge >= 0.3 is 11.7 Å². The van der Waals surface area contributed by atoms with Crippen LogP contribution in [0, 0.1) is 10.1 Å². The summed E-state index contributed by atoms with van der Waals surface area (Å²) in [7, 11) is 0. The average Bonchev–Trinajstić information content (AvgIpc) is 3.32. The Morgan fingerprint density at radius 2 is 2.04 bits per heavy atom. The molecule has 1 N–H and O–H groups in total. The van der Waals surface area contributed by atoms with Crippen molar-refractivity contribution in [1.82, 2.24) is 9.38 Å². The number of nitrogens with zero attached hydrogens (tertiary/aromatic N) is 3. The SMILES string of the molecule is O=C(Nc1ccc(Oc2nc3sccn3c2[N+](=O)[O-])cc1)c1ccsc1. The van der Waals surface area contributed by atoms with Crippen molar-refractivity contribution in [1.29, 1.82) is 0 Å². The Balaban J connectivity index is 1.53. The first-order valence-electron chi connectivity index (χ1n) is 7.33. The Bertz CT molecular complexity index is 1080. The van der Waals surface area contributed by atoms with Crippen molar-refractivity contribution in [3.8, 4) is 11.6 Å². The topological polar surface area (TPSA) is 98.8 Å². The van der Waals surface area contributed by atoms with Crippen molar-refractivity contribution in [3.05, 3.63) is 68.3 Å². The summed E-state index contributed by atoms with van der Waals surface area (Å²) in [6, 6.07) is 8.27. The Morgan fingerprint density at radius 1 is 1.23 bits per heavy atom. The van der Waals surface area contributed by atoms with Gasteiger partial charge in [-0.3, -0.25) is 4.79 Å². The molecule has 0 spiro atoms. The molecule has 4 rings (SSSR count). The molecule has 0 fully saturated rings. The van der Waals surface area contributed by atoms with Crippen LogP contribution in [0.5, 0.6) is 11.6 Å². The van der Waals surface area contributed by atoms with E-state index in [1.54, 1.807) is 47.3 Å². The van der Waals surface area contributed by atoms with Crippen LogP contribution < -0.4 is 10.1 Å². The molecule has 0 aliphatic heterocycles. The lowest BCUT2D eigenvalue weighted by Crippen LogP contribution is -2.10. The number of ether oxygens (including phenoxy) is 1. The molecule has 0 saturated heterocycles. The number of hydrogen-bond donors (Lipinski definition) is 1. The second kappa shape index (κ2) is 6.58. The van der Waals surface area contributed by atoms with Gasteiger partial charge in [0.15, 0.2) is 0 Å². The molecule has 1 amide bonds. The monoisotopic (exact) mass is 386 g/mol. The van der Waals surface area contributed by atoms with Gasteiger partial charge in [0.25, 0.3) is 10.9 Å². The van der Waals surface area contributed by atoms with E-state index >= 15 is 0 Å². The van der Waals surface area contributed by atoms with Crippen LogP contribution in [0.15, 0.2) is 52.7 Å². The van der Waals surface area contributed by atoms with Crippen LogP contribution >= 0.6 is 22.7 Å². The highest BCUT2D eigenvalue weighted by molar-refractivity contribution is 7.15. The van der Waals surface area contributed by atoms with Gasteiger partial charge in [-0.1, -0.05) is 11.3 Å². The molecule has 0 radical (unpaired) electrons. The fourth-order valence-electron chi connectivity index (χ4n) is 2.30. The molecule has 3 heterocycles. The molecule has 4 aromatic rings. The van der Waals surface area contributed by atoms with Gasteiger partial charge in [0.2, 0.25) is 0 Å². The van der Waals surface area contributed by atoms with E-state index in [4.69, 9.17) is 4.74 Å². The third-order valence-electron chi connectivity index (χ3n) is 3.49. The lowest BCUT2D eigenvalue weighted by atomic mass is 10.2. The second-order valence-electron chi connectivity index (χ2n) is 5.15. The molecule has 0 saturated carbocycles. The van der Waals surface area contributed by atoms with Crippen LogP contribution in [-0.2, 0) is 0 Å². The van der Waals surface area contributed by atoms with E-state index in [2.05, 4.69) is 10.3 Å². The standard InChI is InChI=1S/C16H10N4O4S2/c21-13(10-5-7-25-9-10)17-11-1-3-12(4-2-11)24-14-15(20(22)23)19-6-8-26-16(19)18-14/h1-9H,(H,17,21). The van der Waals surface area contributed by atoms with Crippen molar-refractivity contribution >= 4 is 45.0 Å². The molecule has 3 aromatic heterocycles. The van der Waals surface area contributed by atoms with Gasteiger partial charge in [-0.2, -0.15) is 20.7 Å². The highest BCUT2D eigenvalue weighted by Crippen LogP contribution is 2.33. The van der Waals surface area contributed by atoms with E-state index in [0.717, 1.165) is 0 Å². The number of amides is 1. The summed E-state index contributed by atoms with van der Waals surface area (Å²) in [6.07, 6.45) is 1.57. The van der Waals surface area contributed by atoms with Gasteiger partial charge in [0.1, 0.15) is 11.9 Å². The van der Waals surface area contributed by atoms with Crippen LogP contribution in [0.2, 0.25) is 0 Å². The maximum absolute atomic E-state index is 12.0. The predicted molar refractivity (Wildman–Crippen MR) is 98.5 cm³/mol. The third-order valence-corrected chi connectivity index (χ3v) is 4.93. The zero-order chi connectivity index (χ0) is 18.1. The molecule has 0 aliphatic rings. The Kier molecular flexibility index (Phi) is 4.11. The molecule has 0 bridgehead atoms. The molecule has 130 valence electrons. The first-order valence-corrected chi connectivity index (χ1v) is 9.15. The third kappa shape index (κ3) is 3.03. The summed E-state index contributed by atoms with van der Waals surface area (Å²) in [5.74, 6) is -0.120. The number of nitro groups is 1. The first kappa shape index (κ1) is 16.2. The number of benzene rings is 1. The molecule has 0 aliphatic carbocycles. The fourth-order valence-corrected chi connectivity index (χ4v) is 3.64. The van der Waals surface area contributed by atoms with E-state index in [-0.39, 0.29) is 17.6 Å². The minimum atomic E-state index is -0.530. The van der Waals surface area contributed by atoms with Gasteiger partial charge in [-0.15, -0.1) is 0 Å². The predicted octanol–water partition coefficient (Wildman–Crippen LogP) is 4.41. The number of rotatable bonds is 5. The molecule has 8 nitrogen and oxygen atoms in total. The van der Waals surface area contributed by atoms with Crippen molar-refractivity contribution in [2.75, 3.05) is 5.32 Å². The highest BCUT2D eigenvalue weighted by atomic mass is 32.1. The van der Waals surface area contributed by atoms with Crippen LogP contribution in [0.4, 0.5) is 11.5 Å².